The van der Waals surface area contributed by atoms with Crippen LogP contribution in [0, 0.1) is 5.92 Å². The molecule has 3 rings (SSSR count). The minimum atomic E-state index is -0.433. The van der Waals surface area contributed by atoms with E-state index in [1.165, 1.54) is 19.3 Å². The summed E-state index contributed by atoms with van der Waals surface area (Å²) in [7, 11) is 0. The molecule has 1 aliphatic rings. The van der Waals surface area contributed by atoms with Crippen molar-refractivity contribution >= 4 is 16.8 Å². The lowest BCUT2D eigenvalue weighted by molar-refractivity contribution is 0.0739. The summed E-state index contributed by atoms with van der Waals surface area (Å²) >= 11 is 0. The summed E-state index contributed by atoms with van der Waals surface area (Å²) < 4.78 is 0. The summed E-state index contributed by atoms with van der Waals surface area (Å²) in [5.41, 5.74) is 1.48. The molecule has 1 saturated carbocycles. The van der Waals surface area contributed by atoms with Gasteiger partial charge in [0.2, 0.25) is 0 Å². The molecular formula is C17H22N2O2. The molecule has 112 valence electrons. The second-order valence-electron chi connectivity index (χ2n) is 5.92. The molecule has 3 N–H and O–H groups in total. The molecule has 0 unspecified atom stereocenters. The normalized spacial score (nSPS) is 17.8. The average Bonchev–Trinajstić information content (AvgIpc) is 3.01. The van der Waals surface area contributed by atoms with Crippen molar-refractivity contribution in [3.8, 4) is 0 Å². The first-order chi connectivity index (χ1) is 10.3. The number of benzene rings is 1. The molecule has 1 aromatic carbocycles. The van der Waals surface area contributed by atoms with Gasteiger partial charge in [0.05, 0.1) is 17.2 Å². The number of fused-ring (bicyclic) bond motifs is 1. The SMILES string of the molecule is O=C(NC[C@@H](O)C1CCCCC1)c1cccc2cc[nH]c12. The number of carbonyl (C=O) groups excluding carboxylic acids is 1. The van der Waals surface area contributed by atoms with Gasteiger partial charge in [0, 0.05) is 18.1 Å². The number of amides is 1. The Labute approximate surface area is 124 Å². The number of aliphatic hydroxyl groups excluding tert-OH is 1. The van der Waals surface area contributed by atoms with Gasteiger partial charge in [0.15, 0.2) is 0 Å². The van der Waals surface area contributed by atoms with E-state index in [-0.39, 0.29) is 5.91 Å². The Morgan fingerprint density at radius 3 is 2.90 bits per heavy atom. The van der Waals surface area contributed by atoms with Gasteiger partial charge < -0.3 is 15.4 Å². The minimum absolute atomic E-state index is 0.127. The molecule has 2 aromatic rings. The van der Waals surface area contributed by atoms with E-state index >= 15 is 0 Å². The number of aliphatic hydroxyl groups is 1. The average molecular weight is 286 g/mol. The van der Waals surface area contributed by atoms with Crippen molar-refractivity contribution in [2.24, 2.45) is 5.92 Å². The molecule has 1 amide bonds. The van der Waals surface area contributed by atoms with Gasteiger partial charge in [-0.3, -0.25) is 4.79 Å². The quantitative estimate of drug-likeness (QED) is 0.809. The van der Waals surface area contributed by atoms with E-state index in [0.29, 0.717) is 18.0 Å². The Morgan fingerprint density at radius 2 is 2.10 bits per heavy atom. The van der Waals surface area contributed by atoms with E-state index < -0.39 is 6.10 Å². The number of carbonyl (C=O) groups is 1. The predicted octanol–water partition coefficient (Wildman–Crippen LogP) is 2.84. The van der Waals surface area contributed by atoms with Crippen LogP contribution in [-0.2, 0) is 0 Å². The number of hydrogen-bond donors (Lipinski definition) is 3. The van der Waals surface area contributed by atoms with Crippen molar-refractivity contribution in [2.45, 2.75) is 38.2 Å². The van der Waals surface area contributed by atoms with Crippen molar-refractivity contribution in [1.29, 1.82) is 0 Å². The first-order valence-electron chi connectivity index (χ1n) is 7.78. The highest BCUT2D eigenvalue weighted by Gasteiger charge is 2.22. The van der Waals surface area contributed by atoms with Crippen LogP contribution in [0.2, 0.25) is 0 Å². The standard InChI is InChI=1S/C17H22N2O2/c20-15(12-5-2-1-3-6-12)11-19-17(21)14-8-4-7-13-9-10-18-16(13)14/h4,7-10,12,15,18,20H,1-3,5-6,11H2,(H,19,21)/t15-/m1/s1. The van der Waals surface area contributed by atoms with Crippen LogP contribution < -0.4 is 5.32 Å². The number of aromatic nitrogens is 1. The van der Waals surface area contributed by atoms with Gasteiger partial charge in [-0.1, -0.05) is 31.4 Å². The van der Waals surface area contributed by atoms with Crippen LogP contribution in [-0.4, -0.2) is 28.6 Å². The Bertz CT molecular complexity index is 614. The number of aromatic amines is 1. The topological polar surface area (TPSA) is 65.1 Å². The molecule has 1 aliphatic carbocycles. The van der Waals surface area contributed by atoms with Crippen LogP contribution in [0.1, 0.15) is 42.5 Å². The number of hydrogen-bond acceptors (Lipinski definition) is 2. The van der Waals surface area contributed by atoms with Gasteiger partial charge in [-0.25, -0.2) is 0 Å². The highest BCUT2D eigenvalue weighted by molar-refractivity contribution is 6.05. The summed E-state index contributed by atoms with van der Waals surface area (Å²) in [6, 6.07) is 7.60. The lowest BCUT2D eigenvalue weighted by Gasteiger charge is -2.26. The summed E-state index contributed by atoms with van der Waals surface area (Å²) in [6.45, 7) is 0.334. The van der Waals surface area contributed by atoms with Crippen molar-refractivity contribution in [3.63, 3.8) is 0 Å². The predicted molar refractivity (Wildman–Crippen MR) is 83.2 cm³/mol. The van der Waals surface area contributed by atoms with E-state index in [1.54, 1.807) is 6.07 Å². The molecular weight excluding hydrogens is 264 g/mol. The molecule has 21 heavy (non-hydrogen) atoms. The zero-order chi connectivity index (χ0) is 14.7. The number of para-hydroxylation sites is 1. The summed E-state index contributed by atoms with van der Waals surface area (Å²) in [5, 5.41) is 14.1. The van der Waals surface area contributed by atoms with Crippen LogP contribution in [0.15, 0.2) is 30.5 Å². The monoisotopic (exact) mass is 286 g/mol. The summed E-state index contributed by atoms with van der Waals surface area (Å²) in [4.78, 5) is 15.4. The van der Waals surface area contributed by atoms with E-state index in [0.717, 1.165) is 23.7 Å². The fourth-order valence-corrected chi connectivity index (χ4v) is 3.25. The molecule has 0 aliphatic heterocycles. The Hall–Kier alpha value is -1.81. The molecule has 0 saturated heterocycles. The van der Waals surface area contributed by atoms with Gasteiger partial charge in [-0.15, -0.1) is 0 Å². The van der Waals surface area contributed by atoms with E-state index in [1.807, 2.05) is 24.4 Å². The smallest absolute Gasteiger partial charge is 0.253 e. The molecule has 1 aromatic heterocycles. The zero-order valence-electron chi connectivity index (χ0n) is 12.1. The first-order valence-corrected chi connectivity index (χ1v) is 7.78. The molecule has 4 nitrogen and oxygen atoms in total. The van der Waals surface area contributed by atoms with Crippen molar-refractivity contribution in [3.05, 3.63) is 36.0 Å². The maximum atomic E-state index is 12.3. The molecule has 1 heterocycles. The van der Waals surface area contributed by atoms with Crippen LogP contribution in [0.4, 0.5) is 0 Å². The second-order valence-corrected chi connectivity index (χ2v) is 5.92. The summed E-state index contributed by atoms with van der Waals surface area (Å²) in [6.07, 6.45) is 7.20. The number of H-pyrrole nitrogens is 1. The third-order valence-electron chi connectivity index (χ3n) is 4.50. The first kappa shape index (κ1) is 14.1. The largest absolute Gasteiger partial charge is 0.391 e. The van der Waals surface area contributed by atoms with E-state index in [2.05, 4.69) is 10.3 Å². The van der Waals surface area contributed by atoms with E-state index in [9.17, 15) is 9.90 Å². The number of rotatable bonds is 4. The lowest BCUT2D eigenvalue weighted by Crippen LogP contribution is -2.37. The molecule has 0 radical (unpaired) electrons. The highest BCUT2D eigenvalue weighted by Crippen LogP contribution is 2.26. The van der Waals surface area contributed by atoms with Crippen LogP contribution in [0.3, 0.4) is 0 Å². The Balaban J connectivity index is 1.62. The molecule has 0 spiro atoms. The van der Waals surface area contributed by atoms with Gasteiger partial charge in [-0.05, 0) is 30.9 Å². The lowest BCUT2D eigenvalue weighted by atomic mass is 9.85. The van der Waals surface area contributed by atoms with E-state index in [4.69, 9.17) is 0 Å². The fraction of sp³-hybridized carbons (Fsp3) is 0.471. The molecule has 1 atom stereocenters. The van der Waals surface area contributed by atoms with Gasteiger partial charge in [-0.2, -0.15) is 0 Å². The molecule has 4 heteroatoms. The van der Waals surface area contributed by atoms with Crippen LogP contribution >= 0.6 is 0 Å². The third kappa shape index (κ3) is 3.10. The van der Waals surface area contributed by atoms with Gasteiger partial charge in [0.1, 0.15) is 0 Å². The van der Waals surface area contributed by atoms with Crippen molar-refractivity contribution < 1.29 is 9.90 Å². The van der Waals surface area contributed by atoms with Gasteiger partial charge >= 0.3 is 0 Å². The maximum Gasteiger partial charge on any atom is 0.253 e. The molecule has 0 bridgehead atoms. The minimum Gasteiger partial charge on any atom is -0.391 e. The third-order valence-corrected chi connectivity index (χ3v) is 4.50. The van der Waals surface area contributed by atoms with Crippen LogP contribution in [0.5, 0.6) is 0 Å². The summed E-state index contributed by atoms with van der Waals surface area (Å²) in [5.74, 6) is 0.207. The highest BCUT2D eigenvalue weighted by atomic mass is 16.3. The Morgan fingerprint density at radius 1 is 1.29 bits per heavy atom. The van der Waals surface area contributed by atoms with Gasteiger partial charge in [0.25, 0.3) is 5.91 Å². The molecule has 1 fully saturated rings. The Kier molecular flexibility index (Phi) is 4.25. The zero-order valence-corrected chi connectivity index (χ0v) is 12.1. The van der Waals surface area contributed by atoms with Crippen LogP contribution in [0.25, 0.3) is 10.9 Å². The number of nitrogens with one attached hydrogen (secondary N) is 2. The van der Waals surface area contributed by atoms with Crippen molar-refractivity contribution in [1.82, 2.24) is 10.3 Å². The fourth-order valence-electron chi connectivity index (χ4n) is 3.25. The maximum absolute atomic E-state index is 12.3. The second kappa shape index (κ2) is 6.31. The van der Waals surface area contributed by atoms with Crippen molar-refractivity contribution in [2.75, 3.05) is 6.54 Å².